The van der Waals surface area contributed by atoms with Gasteiger partial charge in [0.15, 0.2) is 5.82 Å². The number of rotatable bonds is 5. The third-order valence-electron chi connectivity index (χ3n) is 3.77. The molecule has 0 bridgehead atoms. The minimum absolute atomic E-state index is 0.0108. The monoisotopic (exact) mass is 304 g/mol. The quantitative estimate of drug-likeness (QED) is 0.845. The zero-order valence-electron chi connectivity index (χ0n) is 12.7. The number of aryl methyl sites for hydroxylation is 2. The number of carbonyl (C=O) groups excluding carboxylic acids is 1. The Morgan fingerprint density at radius 1 is 1.50 bits per heavy atom. The second-order valence-corrected chi connectivity index (χ2v) is 5.57. The van der Waals surface area contributed by atoms with E-state index >= 15 is 0 Å². The minimum Gasteiger partial charge on any atom is -0.365 e. The van der Waals surface area contributed by atoms with E-state index in [1.165, 1.54) is 0 Å². The number of ether oxygens (including phenoxy) is 1. The van der Waals surface area contributed by atoms with Crippen LogP contribution in [0.3, 0.4) is 0 Å². The van der Waals surface area contributed by atoms with Crippen LogP contribution >= 0.6 is 0 Å². The Balaban J connectivity index is 1.45. The van der Waals surface area contributed by atoms with Crippen LogP contribution in [0, 0.1) is 13.8 Å². The first-order valence-corrected chi connectivity index (χ1v) is 7.39. The fourth-order valence-corrected chi connectivity index (χ4v) is 2.54. The summed E-state index contributed by atoms with van der Waals surface area (Å²) >= 11 is 0. The number of hydrogen-bond acceptors (Lipinski definition) is 5. The molecule has 3 heterocycles. The van der Waals surface area contributed by atoms with Crippen molar-refractivity contribution >= 4 is 5.91 Å². The Bertz CT molecular complexity index is 649. The SMILES string of the molecule is Cc1nc([C@@H]2CC[C@H](CNC(=O)Cn3cncc3C)O2)n[nH]1. The van der Waals surface area contributed by atoms with E-state index in [2.05, 4.69) is 25.5 Å². The van der Waals surface area contributed by atoms with E-state index < -0.39 is 0 Å². The second kappa shape index (κ2) is 6.27. The van der Waals surface area contributed by atoms with Gasteiger partial charge < -0.3 is 14.6 Å². The Morgan fingerprint density at radius 2 is 2.36 bits per heavy atom. The predicted molar refractivity (Wildman–Crippen MR) is 77.9 cm³/mol. The standard InChI is InChI=1S/C14H20N6O2/c1-9-5-15-8-20(9)7-13(21)16-6-11-3-4-12(22-11)14-17-10(2)18-19-14/h5,8,11-12H,3-4,6-7H2,1-2H3,(H,16,21)(H,17,18,19)/t11-,12+/m1/s1. The number of H-pyrrole nitrogens is 1. The highest BCUT2D eigenvalue weighted by atomic mass is 16.5. The molecule has 118 valence electrons. The van der Waals surface area contributed by atoms with Crippen molar-refractivity contribution in [3.8, 4) is 0 Å². The summed E-state index contributed by atoms with van der Waals surface area (Å²) in [6, 6.07) is 0. The molecule has 0 saturated carbocycles. The molecule has 0 radical (unpaired) electrons. The summed E-state index contributed by atoms with van der Waals surface area (Å²) in [5.41, 5.74) is 0.965. The smallest absolute Gasteiger partial charge is 0.240 e. The second-order valence-electron chi connectivity index (χ2n) is 5.57. The lowest BCUT2D eigenvalue weighted by Crippen LogP contribution is -2.34. The Morgan fingerprint density at radius 3 is 3.05 bits per heavy atom. The van der Waals surface area contributed by atoms with Crippen LogP contribution in [0.1, 0.15) is 36.3 Å². The van der Waals surface area contributed by atoms with E-state index in [4.69, 9.17) is 4.74 Å². The molecule has 2 N–H and O–H groups in total. The number of nitrogens with zero attached hydrogens (tertiary/aromatic N) is 4. The number of imidazole rings is 1. The lowest BCUT2D eigenvalue weighted by molar-refractivity contribution is -0.122. The molecule has 2 aromatic heterocycles. The van der Waals surface area contributed by atoms with Gasteiger partial charge >= 0.3 is 0 Å². The summed E-state index contributed by atoms with van der Waals surface area (Å²) in [6.45, 7) is 4.57. The average molecular weight is 304 g/mol. The zero-order valence-corrected chi connectivity index (χ0v) is 12.7. The summed E-state index contributed by atoms with van der Waals surface area (Å²) in [5.74, 6) is 1.44. The van der Waals surface area contributed by atoms with Gasteiger partial charge in [-0.25, -0.2) is 9.97 Å². The molecular formula is C14H20N6O2. The number of hydrogen-bond donors (Lipinski definition) is 2. The summed E-state index contributed by atoms with van der Waals surface area (Å²) in [4.78, 5) is 20.2. The van der Waals surface area contributed by atoms with E-state index in [0.717, 1.165) is 24.4 Å². The van der Waals surface area contributed by atoms with Crippen molar-refractivity contribution in [3.05, 3.63) is 29.9 Å². The summed E-state index contributed by atoms with van der Waals surface area (Å²) in [5, 5.41) is 9.86. The van der Waals surface area contributed by atoms with E-state index in [9.17, 15) is 4.79 Å². The van der Waals surface area contributed by atoms with E-state index in [0.29, 0.717) is 12.4 Å². The van der Waals surface area contributed by atoms with Crippen molar-refractivity contribution in [1.29, 1.82) is 0 Å². The Hall–Kier alpha value is -2.22. The molecule has 22 heavy (non-hydrogen) atoms. The van der Waals surface area contributed by atoms with Gasteiger partial charge in [-0.05, 0) is 26.7 Å². The number of aromatic amines is 1. The van der Waals surface area contributed by atoms with Gasteiger partial charge in [-0.3, -0.25) is 9.89 Å². The van der Waals surface area contributed by atoms with Crippen molar-refractivity contribution < 1.29 is 9.53 Å². The number of nitrogens with one attached hydrogen (secondary N) is 2. The number of amides is 1. The van der Waals surface area contributed by atoms with Crippen LogP contribution in [0.15, 0.2) is 12.5 Å². The summed E-state index contributed by atoms with van der Waals surface area (Å²) < 4.78 is 7.70. The van der Waals surface area contributed by atoms with E-state index in [1.54, 1.807) is 12.5 Å². The van der Waals surface area contributed by atoms with Crippen LogP contribution < -0.4 is 5.32 Å². The molecule has 8 nitrogen and oxygen atoms in total. The molecule has 2 aromatic rings. The van der Waals surface area contributed by atoms with Crippen molar-refractivity contribution in [3.63, 3.8) is 0 Å². The summed E-state index contributed by atoms with van der Waals surface area (Å²) in [7, 11) is 0. The highest BCUT2D eigenvalue weighted by molar-refractivity contribution is 5.75. The Labute approximate surface area is 128 Å². The molecule has 0 aromatic carbocycles. The summed E-state index contributed by atoms with van der Waals surface area (Å²) in [6.07, 6.45) is 5.08. The van der Waals surface area contributed by atoms with Gasteiger partial charge in [0.25, 0.3) is 0 Å². The van der Waals surface area contributed by atoms with Gasteiger partial charge in [0, 0.05) is 18.4 Å². The molecule has 1 saturated heterocycles. The lowest BCUT2D eigenvalue weighted by Gasteiger charge is -2.13. The molecule has 8 heteroatoms. The van der Waals surface area contributed by atoms with Crippen molar-refractivity contribution in [2.24, 2.45) is 0 Å². The molecule has 1 aliphatic rings. The van der Waals surface area contributed by atoms with Crippen LogP contribution in [0.5, 0.6) is 0 Å². The molecule has 3 rings (SSSR count). The molecular weight excluding hydrogens is 284 g/mol. The largest absolute Gasteiger partial charge is 0.365 e. The van der Waals surface area contributed by atoms with E-state index in [-0.39, 0.29) is 24.7 Å². The average Bonchev–Trinajstić information content (AvgIpc) is 3.19. The van der Waals surface area contributed by atoms with Crippen LogP contribution in [-0.4, -0.2) is 43.3 Å². The maximum Gasteiger partial charge on any atom is 0.240 e. The van der Waals surface area contributed by atoms with Crippen LogP contribution in [0.2, 0.25) is 0 Å². The van der Waals surface area contributed by atoms with Gasteiger partial charge in [0.1, 0.15) is 18.5 Å². The molecule has 0 spiro atoms. The van der Waals surface area contributed by atoms with E-state index in [1.807, 2.05) is 18.4 Å². The third-order valence-corrected chi connectivity index (χ3v) is 3.77. The van der Waals surface area contributed by atoms with Crippen LogP contribution in [0.4, 0.5) is 0 Å². The zero-order chi connectivity index (χ0) is 15.5. The van der Waals surface area contributed by atoms with Crippen molar-refractivity contribution in [1.82, 2.24) is 30.0 Å². The first-order valence-electron chi connectivity index (χ1n) is 7.39. The Kier molecular flexibility index (Phi) is 4.19. The van der Waals surface area contributed by atoms with Crippen LogP contribution in [0.25, 0.3) is 0 Å². The molecule has 1 aliphatic heterocycles. The van der Waals surface area contributed by atoms with Crippen molar-refractivity contribution in [2.75, 3.05) is 6.54 Å². The minimum atomic E-state index is -0.0808. The number of carbonyl (C=O) groups is 1. The van der Waals surface area contributed by atoms with Crippen molar-refractivity contribution in [2.45, 2.75) is 45.4 Å². The normalized spacial score (nSPS) is 21.2. The fourth-order valence-electron chi connectivity index (χ4n) is 2.54. The molecule has 2 atom stereocenters. The lowest BCUT2D eigenvalue weighted by atomic mass is 10.2. The highest BCUT2D eigenvalue weighted by Crippen LogP contribution is 2.30. The highest BCUT2D eigenvalue weighted by Gasteiger charge is 2.29. The van der Waals surface area contributed by atoms with Gasteiger partial charge in [0.2, 0.25) is 5.91 Å². The fraction of sp³-hybridized carbons (Fsp3) is 0.571. The predicted octanol–water partition coefficient (Wildman–Crippen LogP) is 0.655. The third kappa shape index (κ3) is 3.33. The van der Waals surface area contributed by atoms with Gasteiger partial charge in [0.05, 0.1) is 12.4 Å². The maximum atomic E-state index is 11.9. The first kappa shape index (κ1) is 14.7. The topological polar surface area (TPSA) is 97.7 Å². The molecule has 0 aliphatic carbocycles. The molecule has 1 fully saturated rings. The van der Waals surface area contributed by atoms with Crippen LogP contribution in [-0.2, 0) is 16.1 Å². The number of aromatic nitrogens is 5. The van der Waals surface area contributed by atoms with Gasteiger partial charge in [-0.2, -0.15) is 5.10 Å². The molecule has 1 amide bonds. The van der Waals surface area contributed by atoms with Gasteiger partial charge in [-0.15, -0.1) is 0 Å². The van der Waals surface area contributed by atoms with Gasteiger partial charge in [-0.1, -0.05) is 0 Å². The first-order chi connectivity index (χ1) is 10.6. The maximum absolute atomic E-state index is 11.9. The molecule has 0 unspecified atom stereocenters.